The molecule has 7 aromatic rings. The number of para-hydroxylation sites is 2. The van der Waals surface area contributed by atoms with E-state index in [0.717, 1.165) is 27.8 Å². The summed E-state index contributed by atoms with van der Waals surface area (Å²) >= 11 is 0. The lowest BCUT2D eigenvalue weighted by molar-refractivity contribution is 0.190. The van der Waals surface area contributed by atoms with Gasteiger partial charge >= 0.3 is 12.0 Å². The summed E-state index contributed by atoms with van der Waals surface area (Å²) in [5.41, 5.74) is 0.874. The minimum absolute atomic E-state index is 0.168. The fourth-order valence-electron chi connectivity index (χ4n) is 5.14. The third-order valence-corrected chi connectivity index (χ3v) is 7.02. The van der Waals surface area contributed by atoms with Crippen LogP contribution in [-0.4, -0.2) is 41.4 Å². The molecule has 0 saturated heterocycles. The Balaban J connectivity index is 1.19. The first-order valence-corrected chi connectivity index (χ1v) is 13.9. The van der Waals surface area contributed by atoms with Gasteiger partial charge in [0.05, 0.1) is 0 Å². The highest BCUT2D eigenvalue weighted by atomic mass is 16.5. The Morgan fingerprint density at radius 1 is 0.405 bits per heavy atom. The molecule has 0 unspecified atom stereocenters. The highest BCUT2D eigenvalue weighted by Gasteiger charge is 2.16. The second kappa shape index (κ2) is 11.6. The number of nitrogens with zero attached hydrogens (tertiary/aromatic N) is 3. The molecule has 0 spiro atoms. The van der Waals surface area contributed by atoms with Gasteiger partial charge < -0.3 is 18.9 Å². The van der Waals surface area contributed by atoms with Gasteiger partial charge in [0.15, 0.2) is 5.82 Å². The van der Waals surface area contributed by atoms with Crippen molar-refractivity contribution in [2.75, 3.05) is 26.4 Å². The van der Waals surface area contributed by atoms with E-state index in [9.17, 15) is 0 Å². The first-order chi connectivity index (χ1) is 20.8. The predicted molar refractivity (Wildman–Crippen MR) is 164 cm³/mol. The lowest BCUT2D eigenvalue weighted by Crippen LogP contribution is -2.14. The van der Waals surface area contributed by atoms with E-state index in [1.54, 1.807) is 0 Å². The molecule has 0 N–H and O–H groups in total. The average molecular weight is 554 g/mol. The second-order valence-corrected chi connectivity index (χ2v) is 9.71. The highest BCUT2D eigenvalue weighted by molar-refractivity contribution is 6.25. The van der Waals surface area contributed by atoms with Crippen molar-refractivity contribution in [3.63, 3.8) is 0 Å². The van der Waals surface area contributed by atoms with Crippen LogP contribution in [0, 0.1) is 0 Å². The van der Waals surface area contributed by atoms with Gasteiger partial charge in [0.1, 0.15) is 37.9 Å². The summed E-state index contributed by atoms with van der Waals surface area (Å²) in [4.78, 5) is 13.8. The number of aromatic nitrogens is 3. The SMILES string of the molecule is c1ccc(OCCOc2nc(OCCOc3ccccc3)nc(-c3ccc4ccc5cccc6ccc3c4c56)n2)cc1. The lowest BCUT2D eigenvalue weighted by atomic mass is 9.92. The maximum Gasteiger partial charge on any atom is 0.323 e. The molecule has 1 heterocycles. The summed E-state index contributed by atoms with van der Waals surface area (Å²) in [7, 11) is 0. The van der Waals surface area contributed by atoms with Crippen molar-refractivity contribution in [3.8, 4) is 34.9 Å². The largest absolute Gasteiger partial charge is 0.490 e. The Morgan fingerprint density at radius 2 is 0.905 bits per heavy atom. The first kappa shape index (κ1) is 25.5. The van der Waals surface area contributed by atoms with Crippen LogP contribution in [0.1, 0.15) is 0 Å². The molecule has 0 saturated carbocycles. The summed E-state index contributed by atoms with van der Waals surface area (Å²) in [5, 5.41) is 7.02. The zero-order valence-corrected chi connectivity index (χ0v) is 22.8. The Bertz CT molecular complexity index is 1870. The van der Waals surface area contributed by atoms with Gasteiger partial charge in [0.2, 0.25) is 0 Å². The summed E-state index contributed by atoms with van der Waals surface area (Å²) in [5.74, 6) is 2.02. The van der Waals surface area contributed by atoms with Crippen molar-refractivity contribution in [2.24, 2.45) is 0 Å². The zero-order chi connectivity index (χ0) is 28.1. The van der Waals surface area contributed by atoms with Gasteiger partial charge in [-0.05, 0) is 62.6 Å². The van der Waals surface area contributed by atoms with Crippen molar-refractivity contribution in [2.45, 2.75) is 0 Å². The lowest BCUT2D eigenvalue weighted by Gasteiger charge is -2.14. The number of benzene rings is 6. The van der Waals surface area contributed by atoms with Gasteiger partial charge in [-0.3, -0.25) is 0 Å². The molecule has 6 aromatic carbocycles. The average Bonchev–Trinajstić information content (AvgIpc) is 3.05. The molecule has 0 aliphatic heterocycles. The van der Waals surface area contributed by atoms with E-state index >= 15 is 0 Å². The summed E-state index contributed by atoms with van der Waals surface area (Å²) in [6, 6.07) is 38.7. The first-order valence-electron chi connectivity index (χ1n) is 13.9. The molecule has 0 fully saturated rings. The minimum atomic E-state index is 0.168. The molecule has 7 rings (SSSR count). The van der Waals surface area contributed by atoms with Crippen LogP contribution in [0.5, 0.6) is 23.5 Å². The third kappa shape index (κ3) is 5.32. The van der Waals surface area contributed by atoms with E-state index in [4.69, 9.17) is 28.9 Å². The van der Waals surface area contributed by atoms with Crippen LogP contribution in [0.4, 0.5) is 0 Å². The monoisotopic (exact) mass is 553 g/mol. The van der Waals surface area contributed by atoms with Crippen LogP contribution in [0.3, 0.4) is 0 Å². The maximum atomic E-state index is 5.93. The maximum absolute atomic E-state index is 5.93. The van der Waals surface area contributed by atoms with Crippen LogP contribution >= 0.6 is 0 Å². The number of hydrogen-bond donors (Lipinski definition) is 0. The highest BCUT2D eigenvalue weighted by Crippen LogP contribution is 2.38. The van der Waals surface area contributed by atoms with Crippen molar-refractivity contribution < 1.29 is 18.9 Å². The van der Waals surface area contributed by atoms with Crippen LogP contribution in [0.15, 0.2) is 115 Å². The second-order valence-electron chi connectivity index (χ2n) is 9.71. The Kier molecular flexibility index (Phi) is 7.04. The molecule has 0 amide bonds. The molecule has 0 atom stereocenters. The molecular weight excluding hydrogens is 526 g/mol. The van der Waals surface area contributed by atoms with Crippen molar-refractivity contribution in [1.82, 2.24) is 15.0 Å². The normalized spacial score (nSPS) is 11.2. The standard InChI is InChI=1S/C35H27N3O4/c1-3-10-27(11-4-1)39-20-22-41-34-36-33(37-35(38-34)42-23-21-40-28-12-5-2-6-13-28)30-19-17-26-15-14-24-8-7-9-25-16-18-29(30)32(26)31(24)25/h1-19H,20-23H2. The number of rotatable bonds is 11. The van der Waals surface area contributed by atoms with Gasteiger partial charge in [0, 0.05) is 5.56 Å². The Hall–Kier alpha value is -5.43. The topological polar surface area (TPSA) is 75.6 Å². The summed E-state index contributed by atoms with van der Waals surface area (Å²) < 4.78 is 23.4. The quantitative estimate of drug-likeness (QED) is 0.122. The molecule has 7 heteroatoms. The van der Waals surface area contributed by atoms with Crippen LogP contribution in [-0.2, 0) is 0 Å². The van der Waals surface area contributed by atoms with Gasteiger partial charge in [-0.2, -0.15) is 9.97 Å². The molecule has 206 valence electrons. The fourth-order valence-corrected chi connectivity index (χ4v) is 5.14. The van der Waals surface area contributed by atoms with E-state index in [-0.39, 0.29) is 25.2 Å². The van der Waals surface area contributed by atoms with Crippen molar-refractivity contribution >= 4 is 32.3 Å². The van der Waals surface area contributed by atoms with E-state index in [0.29, 0.717) is 19.0 Å². The molecule has 1 aromatic heterocycles. The van der Waals surface area contributed by atoms with Gasteiger partial charge in [-0.25, -0.2) is 0 Å². The molecule has 0 bridgehead atoms. The molecule has 7 nitrogen and oxygen atoms in total. The zero-order valence-electron chi connectivity index (χ0n) is 22.8. The summed E-state index contributed by atoms with van der Waals surface area (Å²) in [6.07, 6.45) is 0. The van der Waals surface area contributed by atoms with Crippen LogP contribution in [0.2, 0.25) is 0 Å². The molecule has 0 radical (unpaired) electrons. The van der Waals surface area contributed by atoms with Crippen LogP contribution in [0.25, 0.3) is 43.7 Å². The van der Waals surface area contributed by atoms with E-state index in [2.05, 4.69) is 53.5 Å². The van der Waals surface area contributed by atoms with E-state index in [1.807, 2.05) is 66.7 Å². The molecule has 42 heavy (non-hydrogen) atoms. The molecule has 0 aliphatic rings. The smallest absolute Gasteiger partial charge is 0.323 e. The van der Waals surface area contributed by atoms with Gasteiger partial charge in [-0.1, -0.05) is 84.9 Å². The summed E-state index contributed by atoms with van der Waals surface area (Å²) in [6.45, 7) is 1.19. The minimum Gasteiger partial charge on any atom is -0.490 e. The molecule has 0 aliphatic carbocycles. The third-order valence-electron chi connectivity index (χ3n) is 7.02. The van der Waals surface area contributed by atoms with E-state index < -0.39 is 0 Å². The van der Waals surface area contributed by atoms with Crippen LogP contribution < -0.4 is 18.9 Å². The van der Waals surface area contributed by atoms with Gasteiger partial charge in [0.25, 0.3) is 0 Å². The van der Waals surface area contributed by atoms with Crippen molar-refractivity contribution in [1.29, 1.82) is 0 Å². The molecular formula is C35H27N3O4. The predicted octanol–water partition coefficient (Wildman–Crippen LogP) is 7.35. The number of ether oxygens (including phenoxy) is 4. The van der Waals surface area contributed by atoms with E-state index in [1.165, 1.54) is 21.5 Å². The number of hydrogen-bond acceptors (Lipinski definition) is 7. The fraction of sp³-hybridized carbons (Fsp3) is 0.114. The Labute approximate surface area is 242 Å². The van der Waals surface area contributed by atoms with Gasteiger partial charge in [-0.15, -0.1) is 4.98 Å². The van der Waals surface area contributed by atoms with Crippen molar-refractivity contribution in [3.05, 3.63) is 115 Å². The Morgan fingerprint density at radius 3 is 1.50 bits per heavy atom.